The van der Waals surface area contributed by atoms with Gasteiger partial charge in [0.05, 0.1) is 11.4 Å². The monoisotopic (exact) mass is 154 g/mol. The average molecular weight is 154 g/mol. The SMILES string of the molecule is C[C@@H](SC#N)c1ccno1. The number of thiocyanates is 1. The average Bonchev–Trinajstić information content (AvgIpc) is 2.38. The topological polar surface area (TPSA) is 49.8 Å². The minimum Gasteiger partial charge on any atom is -0.360 e. The van der Waals surface area contributed by atoms with Gasteiger partial charge < -0.3 is 4.52 Å². The second-order valence-electron chi connectivity index (χ2n) is 1.77. The maximum Gasteiger partial charge on any atom is 0.150 e. The van der Waals surface area contributed by atoms with Crippen LogP contribution < -0.4 is 0 Å². The fourth-order valence-electron chi connectivity index (χ4n) is 0.572. The summed E-state index contributed by atoms with van der Waals surface area (Å²) in [5, 5.41) is 13.9. The van der Waals surface area contributed by atoms with Gasteiger partial charge >= 0.3 is 0 Å². The van der Waals surface area contributed by atoms with Crippen LogP contribution in [0, 0.1) is 10.7 Å². The van der Waals surface area contributed by atoms with Crippen molar-refractivity contribution >= 4 is 11.8 Å². The zero-order valence-electron chi connectivity index (χ0n) is 5.44. The molecule has 0 aliphatic heterocycles. The first-order valence-electron chi connectivity index (χ1n) is 2.80. The van der Waals surface area contributed by atoms with Crippen LogP contribution in [-0.2, 0) is 0 Å². The lowest BCUT2D eigenvalue weighted by Gasteiger charge is -1.96. The molecule has 10 heavy (non-hydrogen) atoms. The van der Waals surface area contributed by atoms with Gasteiger partial charge in [0.15, 0.2) is 0 Å². The van der Waals surface area contributed by atoms with Gasteiger partial charge in [0.2, 0.25) is 0 Å². The maximum atomic E-state index is 8.29. The lowest BCUT2D eigenvalue weighted by atomic mass is 10.4. The molecular formula is C6H6N2OS. The first-order valence-corrected chi connectivity index (χ1v) is 3.68. The molecule has 0 unspecified atom stereocenters. The van der Waals surface area contributed by atoms with Gasteiger partial charge in [-0.1, -0.05) is 5.16 Å². The molecule has 1 atom stereocenters. The molecule has 0 saturated heterocycles. The molecule has 1 heterocycles. The lowest BCUT2D eigenvalue weighted by molar-refractivity contribution is 0.385. The Kier molecular flexibility index (Phi) is 2.35. The standard InChI is InChI=1S/C6H6N2OS/c1-5(10-4-7)6-2-3-8-9-6/h2-3,5H,1H3/t5-/m1/s1. The van der Waals surface area contributed by atoms with E-state index in [1.54, 1.807) is 12.3 Å². The third kappa shape index (κ3) is 1.52. The summed E-state index contributed by atoms with van der Waals surface area (Å²) in [6.45, 7) is 1.90. The molecule has 0 amide bonds. The molecule has 0 saturated carbocycles. The summed E-state index contributed by atoms with van der Waals surface area (Å²) in [4.78, 5) is 0. The quantitative estimate of drug-likeness (QED) is 0.611. The van der Waals surface area contributed by atoms with Gasteiger partial charge in [-0.3, -0.25) is 0 Å². The van der Waals surface area contributed by atoms with E-state index in [0.29, 0.717) is 0 Å². The van der Waals surface area contributed by atoms with E-state index in [-0.39, 0.29) is 5.25 Å². The normalized spacial score (nSPS) is 12.4. The lowest BCUT2D eigenvalue weighted by Crippen LogP contribution is -1.80. The van der Waals surface area contributed by atoms with E-state index >= 15 is 0 Å². The Hall–Kier alpha value is -0.950. The molecule has 0 fully saturated rings. The summed E-state index contributed by atoms with van der Waals surface area (Å²) in [6, 6.07) is 1.76. The van der Waals surface area contributed by atoms with E-state index in [9.17, 15) is 0 Å². The molecule has 0 aliphatic rings. The van der Waals surface area contributed by atoms with Crippen LogP contribution >= 0.6 is 11.8 Å². The zero-order chi connectivity index (χ0) is 7.40. The molecular weight excluding hydrogens is 148 g/mol. The smallest absolute Gasteiger partial charge is 0.150 e. The highest BCUT2D eigenvalue weighted by Crippen LogP contribution is 2.25. The van der Waals surface area contributed by atoms with Crippen molar-refractivity contribution in [2.75, 3.05) is 0 Å². The molecule has 1 aromatic rings. The molecule has 52 valence electrons. The number of thioether (sulfide) groups is 1. The van der Waals surface area contributed by atoms with Crippen LogP contribution in [0.4, 0.5) is 0 Å². The summed E-state index contributed by atoms with van der Waals surface area (Å²) in [7, 11) is 0. The zero-order valence-corrected chi connectivity index (χ0v) is 6.26. The van der Waals surface area contributed by atoms with Gasteiger partial charge in [-0.25, -0.2) is 0 Å². The minimum absolute atomic E-state index is 0.0764. The largest absolute Gasteiger partial charge is 0.360 e. The van der Waals surface area contributed by atoms with E-state index in [4.69, 9.17) is 9.78 Å². The van der Waals surface area contributed by atoms with E-state index < -0.39 is 0 Å². The van der Waals surface area contributed by atoms with Gasteiger partial charge in [0, 0.05) is 6.07 Å². The Morgan fingerprint density at radius 3 is 3.20 bits per heavy atom. The van der Waals surface area contributed by atoms with Crippen LogP contribution in [0.25, 0.3) is 0 Å². The fraction of sp³-hybridized carbons (Fsp3) is 0.333. The number of hydrogen-bond acceptors (Lipinski definition) is 4. The Labute approximate surface area is 63.0 Å². The van der Waals surface area contributed by atoms with Crippen molar-refractivity contribution in [3.05, 3.63) is 18.0 Å². The van der Waals surface area contributed by atoms with Gasteiger partial charge in [0.1, 0.15) is 11.2 Å². The molecule has 1 aromatic heterocycles. The van der Waals surface area contributed by atoms with E-state index in [1.165, 1.54) is 0 Å². The van der Waals surface area contributed by atoms with Crippen molar-refractivity contribution in [2.24, 2.45) is 0 Å². The van der Waals surface area contributed by atoms with E-state index in [2.05, 4.69) is 5.16 Å². The number of aromatic nitrogens is 1. The Morgan fingerprint density at radius 1 is 1.90 bits per heavy atom. The second kappa shape index (κ2) is 3.28. The highest BCUT2D eigenvalue weighted by atomic mass is 32.2. The predicted octanol–water partition coefficient (Wildman–Crippen LogP) is 1.95. The van der Waals surface area contributed by atoms with E-state index in [0.717, 1.165) is 17.5 Å². The summed E-state index contributed by atoms with van der Waals surface area (Å²) >= 11 is 1.16. The molecule has 0 N–H and O–H groups in total. The summed E-state index contributed by atoms with van der Waals surface area (Å²) < 4.78 is 4.83. The minimum atomic E-state index is 0.0764. The molecule has 0 aliphatic carbocycles. The van der Waals surface area contributed by atoms with E-state index in [1.807, 2.05) is 12.3 Å². The molecule has 0 aromatic carbocycles. The van der Waals surface area contributed by atoms with Crippen molar-refractivity contribution in [3.8, 4) is 5.40 Å². The fourth-order valence-corrected chi connectivity index (χ4v) is 0.968. The van der Waals surface area contributed by atoms with Crippen LogP contribution in [-0.4, -0.2) is 5.16 Å². The van der Waals surface area contributed by atoms with Gasteiger partial charge in [-0.2, -0.15) is 5.26 Å². The first kappa shape index (κ1) is 7.16. The number of nitriles is 1. The molecule has 0 radical (unpaired) electrons. The van der Waals surface area contributed by atoms with Crippen molar-refractivity contribution in [2.45, 2.75) is 12.2 Å². The molecule has 0 spiro atoms. The number of nitrogens with zero attached hydrogens (tertiary/aromatic N) is 2. The predicted molar refractivity (Wildman–Crippen MR) is 38.1 cm³/mol. The molecule has 1 rings (SSSR count). The van der Waals surface area contributed by atoms with Gasteiger partial charge in [-0.15, -0.1) is 0 Å². The third-order valence-electron chi connectivity index (χ3n) is 1.09. The van der Waals surface area contributed by atoms with Crippen LogP contribution in [0.5, 0.6) is 0 Å². The van der Waals surface area contributed by atoms with Crippen LogP contribution in [0.2, 0.25) is 0 Å². The third-order valence-corrected chi connectivity index (χ3v) is 1.78. The molecule has 3 nitrogen and oxygen atoms in total. The molecule has 4 heteroatoms. The van der Waals surface area contributed by atoms with Crippen molar-refractivity contribution in [1.29, 1.82) is 5.26 Å². The van der Waals surface area contributed by atoms with Crippen LogP contribution in [0.1, 0.15) is 17.9 Å². The van der Waals surface area contributed by atoms with Crippen molar-refractivity contribution in [3.63, 3.8) is 0 Å². The Balaban J connectivity index is 2.61. The van der Waals surface area contributed by atoms with Gasteiger partial charge in [0.25, 0.3) is 0 Å². The van der Waals surface area contributed by atoms with Crippen molar-refractivity contribution in [1.82, 2.24) is 5.16 Å². The summed E-state index contributed by atoms with van der Waals surface area (Å²) in [6.07, 6.45) is 1.57. The number of hydrogen-bond donors (Lipinski definition) is 0. The Morgan fingerprint density at radius 2 is 2.70 bits per heavy atom. The van der Waals surface area contributed by atoms with Gasteiger partial charge in [-0.05, 0) is 18.7 Å². The first-order chi connectivity index (χ1) is 4.84. The Bertz CT molecular complexity index is 226. The van der Waals surface area contributed by atoms with Crippen LogP contribution in [0.3, 0.4) is 0 Å². The maximum absolute atomic E-state index is 8.29. The molecule has 0 bridgehead atoms. The number of rotatable bonds is 2. The van der Waals surface area contributed by atoms with Crippen molar-refractivity contribution < 1.29 is 4.52 Å². The summed E-state index contributed by atoms with van der Waals surface area (Å²) in [5.41, 5.74) is 0. The van der Waals surface area contributed by atoms with Crippen LogP contribution in [0.15, 0.2) is 16.8 Å². The second-order valence-corrected chi connectivity index (χ2v) is 2.89. The summed E-state index contributed by atoms with van der Waals surface area (Å²) in [5.74, 6) is 0.742. The highest BCUT2D eigenvalue weighted by molar-refractivity contribution is 8.03. The highest BCUT2D eigenvalue weighted by Gasteiger charge is 2.08.